The first-order chi connectivity index (χ1) is 8.83. The van der Waals surface area contributed by atoms with Gasteiger partial charge in [0.05, 0.1) is 6.10 Å². The molecule has 1 aromatic rings. The van der Waals surface area contributed by atoms with E-state index in [9.17, 15) is 4.79 Å². The summed E-state index contributed by atoms with van der Waals surface area (Å²) in [5.41, 5.74) is 1.07. The van der Waals surface area contributed by atoms with Gasteiger partial charge in [-0.15, -0.1) is 0 Å². The van der Waals surface area contributed by atoms with Gasteiger partial charge in [0.1, 0.15) is 5.78 Å². The molecule has 0 aromatic heterocycles. The second-order valence-corrected chi connectivity index (χ2v) is 4.74. The molecule has 1 aromatic carbocycles. The van der Waals surface area contributed by atoms with Crippen molar-refractivity contribution in [2.75, 3.05) is 13.2 Å². The third-order valence-corrected chi connectivity index (χ3v) is 3.45. The predicted octanol–water partition coefficient (Wildman–Crippen LogP) is 2.50. The van der Waals surface area contributed by atoms with Crippen LogP contribution in [-0.2, 0) is 9.53 Å². The molecule has 0 aliphatic heterocycles. The van der Waals surface area contributed by atoms with E-state index >= 15 is 0 Å². The minimum Gasteiger partial charge on any atom is -0.396 e. The zero-order chi connectivity index (χ0) is 12.8. The van der Waals surface area contributed by atoms with Crippen molar-refractivity contribution in [3.05, 3.63) is 35.9 Å². The molecule has 1 aliphatic carbocycles. The molecule has 1 fully saturated rings. The molecule has 1 N–H and O–H groups in total. The van der Waals surface area contributed by atoms with E-state index in [-0.39, 0.29) is 18.6 Å². The molecular formula is C15H20O3. The zero-order valence-corrected chi connectivity index (χ0v) is 10.5. The number of ketones is 1. The molecule has 2 atom stereocenters. The van der Waals surface area contributed by atoms with Crippen LogP contribution in [0, 0.1) is 5.92 Å². The number of aliphatic hydroxyl groups is 1. The van der Waals surface area contributed by atoms with Gasteiger partial charge in [0.25, 0.3) is 0 Å². The van der Waals surface area contributed by atoms with Gasteiger partial charge in [-0.1, -0.05) is 30.3 Å². The summed E-state index contributed by atoms with van der Waals surface area (Å²) in [5.74, 6) is 0.305. The highest BCUT2D eigenvalue weighted by Crippen LogP contribution is 2.35. The molecule has 1 saturated carbocycles. The summed E-state index contributed by atoms with van der Waals surface area (Å²) in [4.78, 5) is 11.9. The Kier molecular flexibility index (Phi) is 4.90. The summed E-state index contributed by atoms with van der Waals surface area (Å²) in [6, 6.07) is 9.92. The van der Waals surface area contributed by atoms with Gasteiger partial charge in [0.2, 0.25) is 0 Å². The third kappa shape index (κ3) is 3.18. The maximum atomic E-state index is 11.9. The Morgan fingerprint density at radius 2 is 2.11 bits per heavy atom. The summed E-state index contributed by atoms with van der Waals surface area (Å²) in [5, 5.41) is 8.82. The fourth-order valence-corrected chi connectivity index (χ4v) is 2.53. The van der Waals surface area contributed by atoms with Gasteiger partial charge in [-0.25, -0.2) is 0 Å². The van der Waals surface area contributed by atoms with Crippen molar-refractivity contribution in [1.82, 2.24) is 0 Å². The van der Waals surface area contributed by atoms with Crippen molar-refractivity contribution in [2.24, 2.45) is 5.92 Å². The van der Waals surface area contributed by atoms with Crippen LogP contribution in [0.5, 0.6) is 0 Å². The molecule has 3 nitrogen and oxygen atoms in total. The Labute approximate surface area is 108 Å². The lowest BCUT2D eigenvalue weighted by Crippen LogP contribution is -2.20. The first-order valence-corrected chi connectivity index (χ1v) is 6.63. The number of benzene rings is 1. The third-order valence-electron chi connectivity index (χ3n) is 3.45. The largest absolute Gasteiger partial charge is 0.396 e. The van der Waals surface area contributed by atoms with E-state index in [4.69, 9.17) is 9.84 Å². The topological polar surface area (TPSA) is 46.5 Å². The molecule has 18 heavy (non-hydrogen) atoms. The first-order valence-electron chi connectivity index (χ1n) is 6.63. The number of hydrogen-bond acceptors (Lipinski definition) is 3. The van der Waals surface area contributed by atoms with Gasteiger partial charge in [0.15, 0.2) is 0 Å². The summed E-state index contributed by atoms with van der Waals surface area (Å²) in [6.45, 7) is 0.625. The fraction of sp³-hybridized carbons (Fsp3) is 0.533. The van der Waals surface area contributed by atoms with Crippen LogP contribution in [-0.4, -0.2) is 24.1 Å². The summed E-state index contributed by atoms with van der Waals surface area (Å²) in [7, 11) is 0. The molecule has 2 unspecified atom stereocenters. The molecule has 0 radical (unpaired) electrons. The Bertz CT molecular complexity index is 375. The molecular weight excluding hydrogens is 228 g/mol. The van der Waals surface area contributed by atoms with Gasteiger partial charge >= 0.3 is 0 Å². The van der Waals surface area contributed by atoms with E-state index in [1.807, 2.05) is 30.3 Å². The number of carbonyl (C=O) groups is 1. The highest BCUT2D eigenvalue weighted by atomic mass is 16.5. The van der Waals surface area contributed by atoms with Gasteiger partial charge < -0.3 is 9.84 Å². The normalized spacial score (nSPS) is 21.2. The minimum absolute atomic E-state index is 0.00825. The second kappa shape index (κ2) is 6.66. The van der Waals surface area contributed by atoms with Gasteiger partial charge in [-0.3, -0.25) is 4.79 Å². The smallest absolute Gasteiger partial charge is 0.138 e. The molecule has 2 rings (SSSR count). The van der Waals surface area contributed by atoms with Crippen LogP contribution < -0.4 is 0 Å². The monoisotopic (exact) mass is 248 g/mol. The lowest BCUT2D eigenvalue weighted by atomic mass is 9.93. The molecule has 0 heterocycles. The molecule has 0 amide bonds. The highest BCUT2D eigenvalue weighted by molar-refractivity contribution is 5.83. The van der Waals surface area contributed by atoms with E-state index in [0.29, 0.717) is 25.2 Å². The lowest BCUT2D eigenvalue weighted by molar-refractivity contribution is -0.125. The SMILES string of the molecule is O=C1CCCC1C(OCCCO)c1ccccc1. The lowest BCUT2D eigenvalue weighted by Gasteiger charge is -2.23. The van der Waals surface area contributed by atoms with E-state index < -0.39 is 0 Å². The van der Waals surface area contributed by atoms with Crippen molar-refractivity contribution in [3.63, 3.8) is 0 Å². The number of ether oxygens (including phenoxy) is 1. The van der Waals surface area contributed by atoms with E-state index in [0.717, 1.165) is 18.4 Å². The van der Waals surface area contributed by atoms with Gasteiger partial charge in [0, 0.05) is 25.6 Å². The van der Waals surface area contributed by atoms with Crippen LogP contribution in [0.4, 0.5) is 0 Å². The Balaban J connectivity index is 2.09. The van der Waals surface area contributed by atoms with E-state index in [2.05, 4.69) is 0 Å². The summed E-state index contributed by atoms with van der Waals surface area (Å²) in [6.07, 6.45) is 3.03. The second-order valence-electron chi connectivity index (χ2n) is 4.74. The van der Waals surface area contributed by atoms with Crippen LogP contribution in [0.3, 0.4) is 0 Å². The Hall–Kier alpha value is -1.19. The van der Waals surface area contributed by atoms with Gasteiger partial charge in [-0.05, 0) is 24.8 Å². The highest BCUT2D eigenvalue weighted by Gasteiger charge is 2.33. The number of aliphatic hydroxyl groups excluding tert-OH is 1. The summed E-state index contributed by atoms with van der Waals surface area (Å²) >= 11 is 0. The molecule has 3 heteroatoms. The van der Waals surface area contributed by atoms with Crippen LogP contribution in [0.15, 0.2) is 30.3 Å². The van der Waals surface area contributed by atoms with Crippen LogP contribution in [0.25, 0.3) is 0 Å². The van der Waals surface area contributed by atoms with E-state index in [1.165, 1.54) is 0 Å². The zero-order valence-electron chi connectivity index (χ0n) is 10.5. The van der Waals surface area contributed by atoms with Crippen molar-refractivity contribution in [1.29, 1.82) is 0 Å². The molecule has 98 valence electrons. The molecule has 1 aliphatic rings. The van der Waals surface area contributed by atoms with Crippen molar-refractivity contribution in [3.8, 4) is 0 Å². The van der Waals surface area contributed by atoms with E-state index in [1.54, 1.807) is 0 Å². The van der Waals surface area contributed by atoms with Crippen LogP contribution in [0.1, 0.15) is 37.4 Å². The first kappa shape index (κ1) is 13.2. The molecule has 0 spiro atoms. The minimum atomic E-state index is -0.146. The maximum Gasteiger partial charge on any atom is 0.138 e. The number of Topliss-reactive ketones (excluding diaryl/α,β-unsaturated/α-hetero) is 1. The van der Waals surface area contributed by atoms with Gasteiger partial charge in [-0.2, -0.15) is 0 Å². The molecule has 0 bridgehead atoms. The predicted molar refractivity (Wildman–Crippen MR) is 69.2 cm³/mol. The molecule has 0 saturated heterocycles. The quantitative estimate of drug-likeness (QED) is 0.787. The van der Waals surface area contributed by atoms with Crippen molar-refractivity contribution < 1.29 is 14.6 Å². The number of hydrogen-bond donors (Lipinski definition) is 1. The number of carbonyl (C=O) groups excluding carboxylic acids is 1. The number of rotatable bonds is 6. The fourth-order valence-electron chi connectivity index (χ4n) is 2.53. The average molecular weight is 248 g/mol. The summed E-state index contributed by atoms with van der Waals surface area (Å²) < 4.78 is 5.84. The van der Waals surface area contributed by atoms with Crippen molar-refractivity contribution >= 4 is 5.78 Å². The van der Waals surface area contributed by atoms with Crippen LogP contribution >= 0.6 is 0 Å². The maximum absolute atomic E-state index is 11.9. The Morgan fingerprint density at radius 1 is 1.33 bits per heavy atom. The standard InChI is InChI=1S/C15H20O3/c16-10-5-11-18-15(12-6-2-1-3-7-12)13-8-4-9-14(13)17/h1-3,6-7,13,15-16H,4-5,8-11H2. The van der Waals surface area contributed by atoms with Crippen LogP contribution in [0.2, 0.25) is 0 Å². The Morgan fingerprint density at radius 3 is 2.72 bits per heavy atom. The average Bonchev–Trinajstić information content (AvgIpc) is 2.82. The van der Waals surface area contributed by atoms with Crippen molar-refractivity contribution in [2.45, 2.75) is 31.8 Å².